The normalized spacial score (nSPS) is 10.9. The summed E-state index contributed by atoms with van der Waals surface area (Å²) in [7, 11) is 0. The van der Waals surface area contributed by atoms with Gasteiger partial charge >= 0.3 is 5.97 Å². The molecule has 164 valence electrons. The molecule has 3 heterocycles. The first-order valence-corrected chi connectivity index (χ1v) is 10.9. The fraction of sp³-hybridized carbons (Fsp3) is 0.227. The number of esters is 1. The van der Waals surface area contributed by atoms with Crippen LogP contribution in [0.1, 0.15) is 29.6 Å². The van der Waals surface area contributed by atoms with Crippen LogP contribution in [0.5, 0.6) is 0 Å². The third-order valence-electron chi connectivity index (χ3n) is 4.67. The van der Waals surface area contributed by atoms with Gasteiger partial charge in [-0.25, -0.2) is 4.79 Å². The molecule has 0 fully saturated rings. The first kappa shape index (κ1) is 21.4. The van der Waals surface area contributed by atoms with Crippen LogP contribution in [-0.2, 0) is 16.1 Å². The molecule has 0 unspecified atom stereocenters. The number of ether oxygens (including phenoxy) is 1. The summed E-state index contributed by atoms with van der Waals surface area (Å²) < 4.78 is 10.9. The lowest BCUT2D eigenvalue weighted by Gasteiger charge is -2.20. The average molecular weight is 452 g/mol. The standard InChI is InChI=1S/C22H20N4O5S/c1-2-9-26(12-19-24-25-21(31-19)17-8-5-10-32-17)20(28)13-30-22(29)15-11-18(27)23-16-7-4-3-6-14(15)16/h3-8,10-11H,2,9,12-13H2,1H3,(H,23,27). The third-order valence-corrected chi connectivity index (χ3v) is 5.53. The van der Waals surface area contributed by atoms with Gasteiger partial charge in [0.15, 0.2) is 6.61 Å². The first-order chi connectivity index (χ1) is 15.5. The molecular formula is C22H20N4O5S. The lowest BCUT2D eigenvalue weighted by atomic mass is 10.1. The summed E-state index contributed by atoms with van der Waals surface area (Å²) in [6.45, 7) is 2.00. The molecule has 0 saturated heterocycles. The highest BCUT2D eigenvalue weighted by atomic mass is 32.1. The van der Waals surface area contributed by atoms with E-state index in [2.05, 4.69) is 15.2 Å². The average Bonchev–Trinajstić information content (AvgIpc) is 3.48. The summed E-state index contributed by atoms with van der Waals surface area (Å²) in [4.78, 5) is 42.2. The largest absolute Gasteiger partial charge is 0.452 e. The molecule has 0 aliphatic heterocycles. The monoisotopic (exact) mass is 452 g/mol. The van der Waals surface area contributed by atoms with E-state index in [0.717, 1.165) is 4.88 Å². The van der Waals surface area contributed by atoms with Crippen molar-refractivity contribution in [2.45, 2.75) is 19.9 Å². The predicted molar refractivity (Wildman–Crippen MR) is 118 cm³/mol. The second-order valence-electron chi connectivity index (χ2n) is 6.96. The van der Waals surface area contributed by atoms with Crippen LogP contribution in [0.4, 0.5) is 0 Å². The zero-order chi connectivity index (χ0) is 22.5. The molecule has 0 aliphatic rings. The fourth-order valence-electron chi connectivity index (χ4n) is 3.21. The molecule has 3 aromatic heterocycles. The van der Waals surface area contributed by atoms with E-state index in [1.54, 1.807) is 24.3 Å². The van der Waals surface area contributed by atoms with E-state index in [1.807, 2.05) is 24.4 Å². The topological polar surface area (TPSA) is 118 Å². The molecule has 4 rings (SSSR count). The summed E-state index contributed by atoms with van der Waals surface area (Å²) >= 11 is 1.48. The van der Waals surface area contributed by atoms with Crippen molar-refractivity contribution in [1.29, 1.82) is 0 Å². The van der Waals surface area contributed by atoms with E-state index in [0.29, 0.717) is 35.6 Å². The molecule has 0 spiro atoms. The molecule has 32 heavy (non-hydrogen) atoms. The molecular weight excluding hydrogens is 432 g/mol. The van der Waals surface area contributed by atoms with Crippen LogP contribution in [0.15, 0.2) is 57.1 Å². The van der Waals surface area contributed by atoms with Gasteiger partial charge in [-0.15, -0.1) is 21.5 Å². The minimum absolute atomic E-state index is 0.108. The number of benzene rings is 1. The van der Waals surface area contributed by atoms with Crippen molar-refractivity contribution in [3.63, 3.8) is 0 Å². The number of fused-ring (bicyclic) bond motifs is 1. The number of pyridine rings is 1. The Morgan fingerprint density at radius 1 is 1.19 bits per heavy atom. The van der Waals surface area contributed by atoms with Crippen molar-refractivity contribution >= 4 is 34.1 Å². The summed E-state index contributed by atoms with van der Waals surface area (Å²) in [5, 5.41) is 10.5. The second kappa shape index (κ2) is 9.56. The maximum absolute atomic E-state index is 12.7. The molecule has 0 aliphatic carbocycles. The van der Waals surface area contributed by atoms with Crippen LogP contribution < -0.4 is 5.56 Å². The van der Waals surface area contributed by atoms with Crippen LogP contribution in [0.2, 0.25) is 0 Å². The quantitative estimate of drug-likeness (QED) is 0.408. The Kier molecular flexibility index (Phi) is 6.41. The SMILES string of the molecule is CCCN(Cc1nnc(-c2cccs2)o1)C(=O)COC(=O)c1cc(=O)[nH]c2ccccc12. The molecule has 4 aromatic rings. The summed E-state index contributed by atoms with van der Waals surface area (Å²) in [6.07, 6.45) is 0.699. The van der Waals surface area contributed by atoms with Crippen LogP contribution in [0, 0.1) is 0 Å². The Hall–Kier alpha value is -3.79. The molecule has 1 aromatic carbocycles. The predicted octanol–water partition coefficient (Wildman–Crippen LogP) is 3.24. The van der Waals surface area contributed by atoms with Crippen molar-refractivity contribution in [2.75, 3.05) is 13.2 Å². The van der Waals surface area contributed by atoms with Crippen LogP contribution in [0.25, 0.3) is 21.7 Å². The van der Waals surface area contributed by atoms with Gasteiger partial charge in [-0.1, -0.05) is 31.2 Å². The molecule has 0 bridgehead atoms. The van der Waals surface area contributed by atoms with E-state index >= 15 is 0 Å². The van der Waals surface area contributed by atoms with Crippen LogP contribution >= 0.6 is 11.3 Å². The van der Waals surface area contributed by atoms with Gasteiger partial charge in [0.25, 0.3) is 11.8 Å². The molecule has 9 nitrogen and oxygen atoms in total. The minimum atomic E-state index is -0.741. The number of para-hydroxylation sites is 1. The Balaban J connectivity index is 1.43. The Labute approximate surface area is 186 Å². The van der Waals surface area contributed by atoms with E-state index in [1.165, 1.54) is 22.3 Å². The molecule has 0 radical (unpaired) electrons. The number of H-pyrrole nitrogens is 1. The number of aromatic amines is 1. The van der Waals surface area contributed by atoms with Crippen molar-refractivity contribution in [1.82, 2.24) is 20.1 Å². The van der Waals surface area contributed by atoms with Gasteiger partial charge < -0.3 is 19.0 Å². The van der Waals surface area contributed by atoms with E-state index < -0.39 is 24.0 Å². The van der Waals surface area contributed by atoms with Crippen molar-refractivity contribution < 1.29 is 18.7 Å². The van der Waals surface area contributed by atoms with Gasteiger partial charge in [-0.05, 0) is 23.9 Å². The van der Waals surface area contributed by atoms with Crippen molar-refractivity contribution in [3.05, 3.63) is 69.7 Å². The van der Waals surface area contributed by atoms with Crippen LogP contribution in [-0.4, -0.2) is 45.1 Å². The molecule has 0 atom stereocenters. The number of carbonyl (C=O) groups excluding carboxylic acids is 2. The number of hydrogen-bond donors (Lipinski definition) is 1. The number of amides is 1. The maximum atomic E-state index is 12.7. The smallest absolute Gasteiger partial charge is 0.339 e. The fourth-order valence-corrected chi connectivity index (χ4v) is 3.86. The Morgan fingerprint density at radius 2 is 2.03 bits per heavy atom. The summed E-state index contributed by atoms with van der Waals surface area (Å²) in [5.74, 6) is -0.450. The highest BCUT2D eigenvalue weighted by molar-refractivity contribution is 7.13. The Morgan fingerprint density at radius 3 is 2.81 bits per heavy atom. The van der Waals surface area contributed by atoms with Gasteiger partial charge in [0, 0.05) is 23.5 Å². The number of nitrogens with one attached hydrogen (secondary N) is 1. The zero-order valence-electron chi connectivity index (χ0n) is 17.2. The van der Waals surface area contributed by atoms with Gasteiger partial charge in [-0.2, -0.15) is 0 Å². The molecule has 0 saturated carbocycles. The molecule has 1 amide bonds. The first-order valence-electron chi connectivity index (χ1n) is 9.98. The lowest BCUT2D eigenvalue weighted by molar-refractivity contribution is -0.135. The van der Waals surface area contributed by atoms with Gasteiger partial charge in [0.2, 0.25) is 11.4 Å². The number of rotatable bonds is 8. The maximum Gasteiger partial charge on any atom is 0.339 e. The second-order valence-corrected chi connectivity index (χ2v) is 7.91. The van der Waals surface area contributed by atoms with Gasteiger partial charge in [0.05, 0.1) is 17.0 Å². The Bertz CT molecular complexity index is 1300. The van der Waals surface area contributed by atoms with Gasteiger partial charge in [0.1, 0.15) is 0 Å². The van der Waals surface area contributed by atoms with Crippen LogP contribution in [0.3, 0.4) is 0 Å². The van der Waals surface area contributed by atoms with E-state index in [4.69, 9.17) is 9.15 Å². The number of thiophene rings is 1. The lowest BCUT2D eigenvalue weighted by Crippen LogP contribution is -2.35. The number of nitrogens with zero attached hydrogens (tertiary/aromatic N) is 3. The highest BCUT2D eigenvalue weighted by Crippen LogP contribution is 2.23. The van der Waals surface area contributed by atoms with Gasteiger partial charge in [-0.3, -0.25) is 9.59 Å². The van der Waals surface area contributed by atoms with Crippen molar-refractivity contribution in [2.24, 2.45) is 0 Å². The highest BCUT2D eigenvalue weighted by Gasteiger charge is 2.20. The molecule has 1 N–H and O–H groups in total. The van der Waals surface area contributed by atoms with Crippen molar-refractivity contribution in [3.8, 4) is 10.8 Å². The van der Waals surface area contributed by atoms with E-state index in [9.17, 15) is 14.4 Å². The number of carbonyl (C=O) groups is 2. The summed E-state index contributed by atoms with van der Waals surface area (Å²) in [5.41, 5.74) is 0.202. The summed E-state index contributed by atoms with van der Waals surface area (Å²) in [6, 6.07) is 11.8. The number of hydrogen-bond acceptors (Lipinski definition) is 8. The third kappa shape index (κ3) is 4.75. The zero-order valence-corrected chi connectivity index (χ0v) is 18.1. The minimum Gasteiger partial charge on any atom is -0.452 e. The molecule has 10 heteroatoms. The number of aromatic nitrogens is 3. The van der Waals surface area contributed by atoms with E-state index in [-0.39, 0.29) is 12.1 Å².